The molecule has 0 aliphatic heterocycles. The van der Waals surface area contributed by atoms with Crippen molar-refractivity contribution in [3.05, 3.63) is 65.5 Å². The Morgan fingerprint density at radius 3 is 2.56 bits per heavy atom. The highest BCUT2D eigenvalue weighted by Crippen LogP contribution is 2.22. The second-order valence-corrected chi connectivity index (χ2v) is 6.59. The van der Waals surface area contributed by atoms with Gasteiger partial charge in [0.1, 0.15) is 11.6 Å². The molecule has 0 bridgehead atoms. The molecule has 0 aromatic heterocycles. The maximum atomic E-state index is 13.4. The van der Waals surface area contributed by atoms with Crippen LogP contribution in [0.15, 0.2) is 48.5 Å². The molecule has 27 heavy (non-hydrogen) atoms. The molecule has 6 heteroatoms. The summed E-state index contributed by atoms with van der Waals surface area (Å²) in [4.78, 5) is 16.3. The minimum absolute atomic E-state index is 0.0110. The Balaban J connectivity index is 2.03. The first-order valence-corrected chi connectivity index (χ1v) is 9.02. The van der Waals surface area contributed by atoms with Crippen LogP contribution in [0.3, 0.4) is 0 Å². The molecule has 1 atom stereocenters. The minimum atomic E-state index is -0.297. The van der Waals surface area contributed by atoms with Crippen LogP contribution in [-0.4, -0.2) is 50.1 Å². The molecule has 1 N–H and O–H groups in total. The number of amides is 2. The van der Waals surface area contributed by atoms with Gasteiger partial charge in [0.15, 0.2) is 0 Å². The lowest BCUT2D eigenvalue weighted by atomic mass is 10.1. The Morgan fingerprint density at radius 2 is 1.93 bits per heavy atom. The third-order valence-corrected chi connectivity index (χ3v) is 4.48. The number of methoxy groups -OCH3 is 1. The number of nitrogens with one attached hydrogen (secondary N) is 1. The molecule has 2 aromatic rings. The van der Waals surface area contributed by atoms with Crippen LogP contribution in [0.4, 0.5) is 9.18 Å². The van der Waals surface area contributed by atoms with Gasteiger partial charge in [0.2, 0.25) is 0 Å². The van der Waals surface area contributed by atoms with E-state index in [9.17, 15) is 9.18 Å². The second kappa shape index (κ2) is 9.92. The smallest absolute Gasteiger partial charge is 0.317 e. The summed E-state index contributed by atoms with van der Waals surface area (Å²) < 4.78 is 18.7. The van der Waals surface area contributed by atoms with Crippen LogP contribution in [0.25, 0.3) is 0 Å². The van der Waals surface area contributed by atoms with Gasteiger partial charge >= 0.3 is 6.03 Å². The van der Waals surface area contributed by atoms with E-state index in [0.29, 0.717) is 19.6 Å². The summed E-state index contributed by atoms with van der Waals surface area (Å²) in [7, 11) is 5.58. The summed E-state index contributed by atoms with van der Waals surface area (Å²) in [6.45, 7) is 3.27. The molecule has 0 aliphatic rings. The number of benzene rings is 2. The summed E-state index contributed by atoms with van der Waals surface area (Å²) in [6, 6.07) is 14.0. The van der Waals surface area contributed by atoms with E-state index in [4.69, 9.17) is 4.74 Å². The summed E-state index contributed by atoms with van der Waals surface area (Å²) in [5.74, 6) is 0.488. The maximum absolute atomic E-state index is 13.4. The van der Waals surface area contributed by atoms with Gasteiger partial charge in [0, 0.05) is 19.6 Å². The van der Waals surface area contributed by atoms with Crippen molar-refractivity contribution in [1.82, 2.24) is 15.1 Å². The van der Waals surface area contributed by atoms with Crippen LogP contribution < -0.4 is 10.1 Å². The summed E-state index contributed by atoms with van der Waals surface area (Å²) in [6.07, 6.45) is 0. The average Bonchev–Trinajstić information content (AvgIpc) is 2.66. The van der Waals surface area contributed by atoms with Gasteiger partial charge < -0.3 is 19.9 Å². The highest BCUT2D eigenvalue weighted by Gasteiger charge is 2.18. The van der Waals surface area contributed by atoms with Crippen molar-refractivity contribution < 1.29 is 13.9 Å². The molecule has 0 saturated carbocycles. The highest BCUT2D eigenvalue weighted by atomic mass is 19.1. The SMILES string of the molecule is CCN(Cc1cccc(F)c1)C(=O)NCC(c1cccc(OC)c1)N(C)C. The van der Waals surface area contributed by atoms with Gasteiger partial charge in [0.25, 0.3) is 0 Å². The molecule has 0 fully saturated rings. The Labute approximate surface area is 160 Å². The Bertz CT molecular complexity index is 752. The zero-order chi connectivity index (χ0) is 19.8. The molecule has 0 spiro atoms. The number of hydrogen-bond acceptors (Lipinski definition) is 3. The van der Waals surface area contributed by atoms with Crippen molar-refractivity contribution in [3.8, 4) is 5.75 Å². The molecule has 0 saturated heterocycles. The van der Waals surface area contributed by atoms with Crippen LogP contribution in [-0.2, 0) is 6.54 Å². The number of hydrogen-bond donors (Lipinski definition) is 1. The van der Waals surface area contributed by atoms with Gasteiger partial charge in [-0.05, 0) is 56.4 Å². The van der Waals surface area contributed by atoms with Crippen LogP contribution >= 0.6 is 0 Å². The van der Waals surface area contributed by atoms with Crippen molar-refractivity contribution in [1.29, 1.82) is 0 Å². The Hall–Kier alpha value is -2.60. The Morgan fingerprint density at radius 1 is 1.19 bits per heavy atom. The van der Waals surface area contributed by atoms with Gasteiger partial charge in [-0.25, -0.2) is 9.18 Å². The normalized spacial score (nSPS) is 11.9. The molecular formula is C21H28FN3O2. The number of carbonyl (C=O) groups excluding carboxylic acids is 1. The van der Waals surface area contributed by atoms with Gasteiger partial charge in [-0.2, -0.15) is 0 Å². The first-order valence-electron chi connectivity index (χ1n) is 9.02. The van der Waals surface area contributed by atoms with Crippen LogP contribution in [0.5, 0.6) is 5.75 Å². The van der Waals surface area contributed by atoms with Crippen molar-refractivity contribution in [2.24, 2.45) is 0 Å². The van der Waals surface area contributed by atoms with Gasteiger partial charge in [-0.1, -0.05) is 24.3 Å². The van der Waals surface area contributed by atoms with E-state index < -0.39 is 0 Å². The fourth-order valence-electron chi connectivity index (χ4n) is 2.93. The van der Waals surface area contributed by atoms with E-state index in [0.717, 1.165) is 16.9 Å². The van der Waals surface area contributed by atoms with Gasteiger partial charge in [-0.15, -0.1) is 0 Å². The molecule has 0 radical (unpaired) electrons. The predicted octanol–water partition coefficient (Wildman–Crippen LogP) is 3.67. The lowest BCUT2D eigenvalue weighted by Gasteiger charge is -2.28. The third kappa shape index (κ3) is 5.96. The van der Waals surface area contributed by atoms with Gasteiger partial charge in [-0.3, -0.25) is 0 Å². The third-order valence-electron chi connectivity index (χ3n) is 4.48. The molecule has 5 nitrogen and oxygen atoms in total. The van der Waals surface area contributed by atoms with Crippen molar-refractivity contribution >= 4 is 6.03 Å². The van der Waals surface area contributed by atoms with E-state index >= 15 is 0 Å². The lowest BCUT2D eigenvalue weighted by molar-refractivity contribution is 0.192. The quantitative estimate of drug-likeness (QED) is 0.768. The fraction of sp³-hybridized carbons (Fsp3) is 0.381. The molecular weight excluding hydrogens is 345 g/mol. The number of halogens is 1. The second-order valence-electron chi connectivity index (χ2n) is 6.59. The van der Waals surface area contributed by atoms with Gasteiger partial charge in [0.05, 0.1) is 13.2 Å². The molecule has 146 valence electrons. The van der Waals surface area contributed by atoms with E-state index in [-0.39, 0.29) is 17.9 Å². The zero-order valence-corrected chi connectivity index (χ0v) is 16.4. The maximum Gasteiger partial charge on any atom is 0.317 e. The van der Waals surface area contributed by atoms with Crippen molar-refractivity contribution in [2.45, 2.75) is 19.5 Å². The number of ether oxygens (including phenoxy) is 1. The molecule has 0 heterocycles. The number of nitrogens with zero attached hydrogens (tertiary/aromatic N) is 2. The molecule has 1 unspecified atom stereocenters. The van der Waals surface area contributed by atoms with E-state index in [1.807, 2.05) is 51.4 Å². The predicted molar refractivity (Wildman–Crippen MR) is 105 cm³/mol. The van der Waals surface area contributed by atoms with Crippen LogP contribution in [0, 0.1) is 5.82 Å². The Kier molecular flexibility index (Phi) is 7.61. The largest absolute Gasteiger partial charge is 0.497 e. The van der Waals surface area contributed by atoms with E-state index in [2.05, 4.69) is 10.2 Å². The summed E-state index contributed by atoms with van der Waals surface area (Å²) >= 11 is 0. The van der Waals surface area contributed by atoms with Crippen molar-refractivity contribution in [3.63, 3.8) is 0 Å². The van der Waals surface area contributed by atoms with E-state index in [1.54, 1.807) is 18.1 Å². The van der Waals surface area contributed by atoms with Crippen LogP contribution in [0.1, 0.15) is 24.1 Å². The first-order chi connectivity index (χ1) is 12.9. The molecule has 2 aromatic carbocycles. The molecule has 0 aliphatic carbocycles. The molecule has 2 amide bonds. The van der Waals surface area contributed by atoms with Crippen molar-refractivity contribution in [2.75, 3.05) is 34.3 Å². The highest BCUT2D eigenvalue weighted by molar-refractivity contribution is 5.74. The number of carbonyl (C=O) groups is 1. The topological polar surface area (TPSA) is 44.8 Å². The summed E-state index contributed by atoms with van der Waals surface area (Å²) in [5.41, 5.74) is 1.83. The molecule has 2 rings (SSSR count). The fourth-order valence-corrected chi connectivity index (χ4v) is 2.93. The number of urea groups is 1. The van der Waals surface area contributed by atoms with E-state index in [1.165, 1.54) is 12.1 Å². The first kappa shape index (κ1) is 20.7. The van der Waals surface area contributed by atoms with Crippen LogP contribution in [0.2, 0.25) is 0 Å². The number of likely N-dealkylation sites (N-methyl/N-ethyl adjacent to an activating group) is 1. The minimum Gasteiger partial charge on any atom is -0.497 e. The number of rotatable bonds is 8. The lowest BCUT2D eigenvalue weighted by Crippen LogP contribution is -2.42. The summed E-state index contributed by atoms with van der Waals surface area (Å²) in [5, 5.41) is 3.00. The standard InChI is InChI=1S/C21H28FN3O2/c1-5-25(15-16-8-6-10-18(22)12-16)21(26)23-14-20(24(2)3)17-9-7-11-19(13-17)27-4/h6-13,20H,5,14-15H2,1-4H3,(H,23,26). The monoisotopic (exact) mass is 373 g/mol. The zero-order valence-electron chi connectivity index (χ0n) is 16.4. The average molecular weight is 373 g/mol.